The van der Waals surface area contributed by atoms with E-state index in [1.165, 1.54) is 12.8 Å². The highest BCUT2D eigenvalue weighted by atomic mass is 16.5. The summed E-state index contributed by atoms with van der Waals surface area (Å²) in [7, 11) is 0. The van der Waals surface area contributed by atoms with Crippen molar-refractivity contribution in [2.24, 2.45) is 9.98 Å². The number of guanidine groups is 1. The molecule has 57 heavy (non-hydrogen) atoms. The lowest BCUT2D eigenvalue weighted by Crippen LogP contribution is -2.53. The Hall–Kier alpha value is -5.08. The van der Waals surface area contributed by atoms with Crippen molar-refractivity contribution in [1.29, 1.82) is 0 Å². The molecule has 2 unspecified atom stereocenters. The van der Waals surface area contributed by atoms with Crippen LogP contribution in [0.15, 0.2) is 75.1 Å². The molecule has 5 aliphatic heterocycles. The van der Waals surface area contributed by atoms with Crippen molar-refractivity contribution >= 4 is 41.4 Å². The van der Waals surface area contributed by atoms with Crippen molar-refractivity contribution in [2.45, 2.75) is 95.8 Å². The van der Waals surface area contributed by atoms with Crippen molar-refractivity contribution in [3.63, 3.8) is 0 Å². The number of nitrogens with zero attached hydrogens (tertiary/aromatic N) is 7. The minimum Gasteiger partial charge on any atom is -0.512 e. The quantitative estimate of drug-likeness (QED) is 0.133. The summed E-state index contributed by atoms with van der Waals surface area (Å²) in [4.78, 5) is 60.9. The monoisotopic (exact) mass is 777 g/mol. The Balaban J connectivity index is 0.762. The first kappa shape index (κ1) is 38.8. The van der Waals surface area contributed by atoms with Crippen molar-refractivity contribution in [2.75, 3.05) is 62.6 Å². The zero-order chi connectivity index (χ0) is 39.5. The number of hydrogen-bond acceptors (Lipinski definition) is 12. The molecule has 6 heterocycles. The molecule has 3 saturated heterocycles. The summed E-state index contributed by atoms with van der Waals surface area (Å²) >= 11 is 0. The van der Waals surface area contributed by atoms with E-state index in [0.29, 0.717) is 42.8 Å². The molecule has 14 nitrogen and oxygen atoms in total. The van der Waals surface area contributed by atoms with Gasteiger partial charge >= 0.3 is 0 Å². The summed E-state index contributed by atoms with van der Waals surface area (Å²) in [6, 6.07) is 12.5. The fraction of sp³-hybridized carbons (Fsp3) is 0.535. The second-order valence-corrected chi connectivity index (χ2v) is 16.2. The Bertz CT molecular complexity index is 1930. The van der Waals surface area contributed by atoms with Crippen LogP contribution in [0.5, 0.6) is 5.75 Å². The number of carbonyl (C=O) groups is 3. The summed E-state index contributed by atoms with van der Waals surface area (Å²) < 4.78 is 6.01. The Morgan fingerprint density at radius 1 is 0.930 bits per heavy atom. The second-order valence-electron chi connectivity index (χ2n) is 16.2. The molecule has 1 aromatic heterocycles. The van der Waals surface area contributed by atoms with Crippen LogP contribution in [0, 0.1) is 0 Å². The maximum Gasteiger partial charge on any atom is 0.259 e. The highest BCUT2D eigenvalue weighted by Gasteiger charge is 2.42. The van der Waals surface area contributed by atoms with E-state index >= 15 is 0 Å². The predicted octanol–water partition coefficient (Wildman–Crippen LogP) is 4.77. The number of allylic oxidation sites excluding steroid dienone is 1. The number of fused-ring (bicyclic) bond motifs is 1. The van der Waals surface area contributed by atoms with E-state index in [9.17, 15) is 19.5 Å². The number of amides is 3. The van der Waals surface area contributed by atoms with Gasteiger partial charge in [-0.05, 0) is 101 Å². The van der Waals surface area contributed by atoms with Crippen LogP contribution in [0.4, 0.5) is 11.5 Å². The number of piperidine rings is 2. The number of likely N-dealkylation sites (tertiary alicyclic amines) is 1. The van der Waals surface area contributed by atoms with E-state index in [1.807, 2.05) is 48.4 Å². The normalized spacial score (nSPS) is 25.1. The van der Waals surface area contributed by atoms with Gasteiger partial charge < -0.3 is 29.9 Å². The van der Waals surface area contributed by atoms with Gasteiger partial charge in [0.25, 0.3) is 5.91 Å². The van der Waals surface area contributed by atoms with Crippen LogP contribution < -0.4 is 20.3 Å². The van der Waals surface area contributed by atoms with Gasteiger partial charge in [0.2, 0.25) is 17.8 Å². The van der Waals surface area contributed by atoms with Crippen LogP contribution in [0.25, 0.3) is 0 Å². The molecular weight excluding hydrogens is 723 g/mol. The van der Waals surface area contributed by atoms with Gasteiger partial charge in [-0.2, -0.15) is 0 Å². The summed E-state index contributed by atoms with van der Waals surface area (Å²) in [6.45, 7) is 11.3. The Kier molecular flexibility index (Phi) is 11.7. The van der Waals surface area contributed by atoms with Gasteiger partial charge in [-0.3, -0.25) is 24.6 Å². The largest absolute Gasteiger partial charge is 0.512 e. The van der Waals surface area contributed by atoms with E-state index in [-0.39, 0.29) is 35.4 Å². The molecule has 1 saturated carbocycles. The van der Waals surface area contributed by atoms with Gasteiger partial charge in [0, 0.05) is 63.0 Å². The molecule has 2 aromatic rings. The lowest BCUT2D eigenvalue weighted by atomic mass is 9.90. The van der Waals surface area contributed by atoms with Gasteiger partial charge in [-0.15, -0.1) is 0 Å². The van der Waals surface area contributed by atoms with E-state index in [4.69, 9.17) is 14.7 Å². The molecule has 3 amide bonds. The Morgan fingerprint density at radius 2 is 1.68 bits per heavy atom. The standard InChI is InChI=1S/C43H55N9O5/c1-28-36-27-45-43(48-40(36)52(32-6-3-4-7-32)42(56)39(28)29(2)53)46-37-14-10-33(26-44-37)51-23-21-50(22-24-51)31-16-19-49(20-17-31)18-5-25-57-34-11-8-30(9-12-34)35-13-15-38(54)47-41(35)55/h8-12,14,26-27,31-32,35,40,53H,3-7,13,15-25H2,1-2H3,(H,44,46,48)(H,47,54,55)/b39-29+. The van der Waals surface area contributed by atoms with Crippen molar-refractivity contribution in [3.05, 3.63) is 70.6 Å². The number of rotatable bonds is 10. The summed E-state index contributed by atoms with van der Waals surface area (Å²) in [5, 5.41) is 16.1. The van der Waals surface area contributed by atoms with E-state index < -0.39 is 6.17 Å². The zero-order valence-electron chi connectivity index (χ0n) is 33.2. The van der Waals surface area contributed by atoms with Crippen LogP contribution in [0.1, 0.15) is 83.1 Å². The highest BCUT2D eigenvalue weighted by molar-refractivity contribution is 6.09. The van der Waals surface area contributed by atoms with Crippen LogP contribution in [-0.2, 0) is 14.4 Å². The van der Waals surface area contributed by atoms with Crippen molar-refractivity contribution in [3.8, 4) is 5.75 Å². The predicted molar refractivity (Wildman–Crippen MR) is 220 cm³/mol. The molecule has 2 atom stereocenters. The van der Waals surface area contributed by atoms with Crippen LogP contribution >= 0.6 is 0 Å². The average molecular weight is 778 g/mol. The molecule has 1 aromatic carbocycles. The number of hydrogen-bond donors (Lipinski definition) is 3. The molecular formula is C43H55N9O5. The first-order valence-electron chi connectivity index (χ1n) is 20.8. The molecule has 0 radical (unpaired) electrons. The minimum absolute atomic E-state index is 0.0327. The molecule has 302 valence electrons. The summed E-state index contributed by atoms with van der Waals surface area (Å²) in [5.41, 5.74) is 3.96. The van der Waals surface area contributed by atoms with Crippen LogP contribution in [-0.4, -0.2) is 125 Å². The van der Waals surface area contributed by atoms with Gasteiger partial charge in [0.15, 0.2) is 6.17 Å². The fourth-order valence-electron chi connectivity index (χ4n) is 9.40. The molecule has 14 heteroatoms. The van der Waals surface area contributed by atoms with Gasteiger partial charge in [-0.25, -0.2) is 15.0 Å². The average Bonchev–Trinajstić information content (AvgIpc) is 3.75. The number of aliphatic hydroxyl groups excluding tert-OH is 1. The molecule has 4 fully saturated rings. The first-order valence-corrected chi connectivity index (χ1v) is 20.8. The topological polar surface area (TPSA) is 155 Å². The number of benzene rings is 1. The zero-order valence-corrected chi connectivity index (χ0v) is 33.2. The molecule has 0 bridgehead atoms. The number of nitrogens with one attached hydrogen (secondary N) is 2. The fourth-order valence-corrected chi connectivity index (χ4v) is 9.40. The van der Waals surface area contributed by atoms with Gasteiger partial charge in [0.1, 0.15) is 17.3 Å². The third-order valence-corrected chi connectivity index (χ3v) is 12.6. The van der Waals surface area contributed by atoms with Gasteiger partial charge in [-0.1, -0.05) is 25.0 Å². The Morgan fingerprint density at radius 3 is 2.37 bits per heavy atom. The number of aromatic nitrogens is 1. The molecule has 0 spiro atoms. The lowest BCUT2D eigenvalue weighted by Gasteiger charge is -2.43. The molecule has 8 rings (SSSR count). The van der Waals surface area contributed by atoms with E-state index in [0.717, 1.165) is 106 Å². The van der Waals surface area contributed by atoms with Crippen LogP contribution in [0.2, 0.25) is 0 Å². The number of ether oxygens (including phenoxy) is 1. The number of aliphatic imine (C=N–C) groups is 2. The van der Waals surface area contributed by atoms with E-state index in [2.05, 4.69) is 36.4 Å². The van der Waals surface area contributed by atoms with Crippen molar-refractivity contribution in [1.82, 2.24) is 25.0 Å². The van der Waals surface area contributed by atoms with Gasteiger partial charge in [0.05, 0.1) is 30.0 Å². The highest BCUT2D eigenvalue weighted by Crippen LogP contribution is 2.37. The number of anilines is 2. The van der Waals surface area contributed by atoms with Crippen LogP contribution in [0.3, 0.4) is 0 Å². The third-order valence-electron chi connectivity index (χ3n) is 12.6. The summed E-state index contributed by atoms with van der Waals surface area (Å²) in [6.07, 6.45) is 11.5. The number of carbonyl (C=O) groups excluding carboxylic acids is 3. The maximum absolute atomic E-state index is 13.6. The number of imide groups is 1. The summed E-state index contributed by atoms with van der Waals surface area (Å²) in [5.74, 6) is 1.07. The number of piperazine rings is 1. The van der Waals surface area contributed by atoms with Crippen molar-refractivity contribution < 1.29 is 24.2 Å². The molecule has 3 N–H and O–H groups in total. The first-order chi connectivity index (χ1) is 27.7. The SMILES string of the molecule is CC1=C2C=NC(Nc3ccc(N4CCN(C5CCN(CCCOc6ccc(C7CCC(=O)NC7=O)cc6)CC5)CC4)cn3)=NC2N(C2CCCC2)C(=O)/C1=C(\C)O. The number of aliphatic hydroxyl groups is 1. The minimum atomic E-state index is -0.474. The smallest absolute Gasteiger partial charge is 0.259 e. The third kappa shape index (κ3) is 8.62. The second kappa shape index (κ2) is 17.2. The number of pyridine rings is 1. The molecule has 1 aliphatic carbocycles. The lowest BCUT2D eigenvalue weighted by molar-refractivity contribution is -0.134. The molecule has 6 aliphatic rings. The maximum atomic E-state index is 13.6. The Labute approximate surface area is 334 Å². The van der Waals surface area contributed by atoms with E-state index in [1.54, 1.807) is 13.1 Å².